The van der Waals surface area contributed by atoms with Crippen LogP contribution in [-0.2, 0) is 23.0 Å². The van der Waals surface area contributed by atoms with Gasteiger partial charge in [0, 0.05) is 38.2 Å². The number of aliphatic imine (C=N–C) groups is 1. The van der Waals surface area contributed by atoms with Crippen molar-refractivity contribution in [2.75, 3.05) is 26.7 Å². The van der Waals surface area contributed by atoms with Crippen LogP contribution in [-0.4, -0.2) is 45.4 Å². The van der Waals surface area contributed by atoms with Crippen molar-refractivity contribution in [3.63, 3.8) is 0 Å². The topological polar surface area (TPSA) is 73.8 Å². The highest BCUT2D eigenvalue weighted by atomic mass is 35.5. The Morgan fingerprint density at radius 1 is 1.07 bits per heavy atom. The molecule has 1 aliphatic heterocycles. The number of hydrogen-bond donors (Lipinski definition) is 2. The number of hydrogen-bond acceptors (Lipinski definition) is 3. The zero-order valence-corrected chi connectivity index (χ0v) is 18.1. The molecular weight excluding hydrogens is 408 g/mol. The first-order valence-electron chi connectivity index (χ1n) is 9.78. The molecule has 1 aliphatic rings. The first kappa shape index (κ1) is 21.6. The van der Waals surface area contributed by atoms with E-state index in [0.717, 1.165) is 35.4 Å². The second-order valence-corrected chi connectivity index (χ2v) is 9.29. The number of halogens is 1. The molecule has 2 aromatic rings. The van der Waals surface area contributed by atoms with Crippen LogP contribution in [0.4, 0.5) is 0 Å². The largest absolute Gasteiger partial charge is 0.356 e. The number of rotatable bonds is 7. The second-order valence-electron chi connectivity index (χ2n) is 6.95. The van der Waals surface area contributed by atoms with Crippen LogP contribution in [0.5, 0.6) is 0 Å². The van der Waals surface area contributed by atoms with Crippen LogP contribution in [0.1, 0.15) is 24.0 Å². The molecule has 1 heterocycles. The minimum absolute atomic E-state index is 0.352. The third kappa shape index (κ3) is 5.72. The lowest BCUT2D eigenvalue weighted by Crippen LogP contribution is -2.37. The molecule has 2 N–H and O–H groups in total. The second kappa shape index (κ2) is 10.1. The van der Waals surface area contributed by atoms with Gasteiger partial charge >= 0.3 is 0 Å². The zero-order chi connectivity index (χ0) is 20.7. The molecule has 0 saturated carbocycles. The van der Waals surface area contributed by atoms with Crippen molar-refractivity contribution in [3.8, 4) is 0 Å². The molecule has 0 amide bonds. The Morgan fingerprint density at radius 2 is 1.76 bits per heavy atom. The van der Waals surface area contributed by atoms with Crippen molar-refractivity contribution in [1.29, 1.82) is 0 Å². The van der Waals surface area contributed by atoms with Crippen molar-refractivity contribution in [1.82, 2.24) is 14.9 Å². The highest BCUT2D eigenvalue weighted by Crippen LogP contribution is 2.21. The summed E-state index contributed by atoms with van der Waals surface area (Å²) in [4.78, 5) is 4.58. The Balaban J connectivity index is 1.50. The first-order valence-corrected chi connectivity index (χ1v) is 11.6. The van der Waals surface area contributed by atoms with Crippen molar-refractivity contribution >= 4 is 27.6 Å². The maximum Gasteiger partial charge on any atom is 0.243 e. The predicted molar refractivity (Wildman–Crippen MR) is 118 cm³/mol. The summed E-state index contributed by atoms with van der Waals surface area (Å²) < 4.78 is 26.7. The predicted octanol–water partition coefficient (Wildman–Crippen LogP) is 3.03. The van der Waals surface area contributed by atoms with E-state index in [0.29, 0.717) is 37.0 Å². The van der Waals surface area contributed by atoms with Crippen LogP contribution in [0.25, 0.3) is 0 Å². The van der Waals surface area contributed by atoms with Crippen LogP contribution < -0.4 is 10.6 Å². The maximum atomic E-state index is 12.6. The molecule has 6 nitrogen and oxygen atoms in total. The van der Waals surface area contributed by atoms with E-state index in [2.05, 4.69) is 15.6 Å². The number of nitrogens with zero attached hydrogens (tertiary/aromatic N) is 2. The third-order valence-electron chi connectivity index (χ3n) is 4.95. The minimum Gasteiger partial charge on any atom is -0.356 e. The van der Waals surface area contributed by atoms with Crippen molar-refractivity contribution in [2.24, 2.45) is 4.99 Å². The van der Waals surface area contributed by atoms with Gasteiger partial charge in [-0.2, -0.15) is 4.31 Å². The van der Waals surface area contributed by atoms with Gasteiger partial charge in [0.1, 0.15) is 0 Å². The monoisotopic (exact) mass is 434 g/mol. The quantitative estimate of drug-likeness (QED) is 0.519. The van der Waals surface area contributed by atoms with Crippen molar-refractivity contribution < 1.29 is 8.42 Å². The van der Waals surface area contributed by atoms with Gasteiger partial charge in [0.15, 0.2) is 5.96 Å². The van der Waals surface area contributed by atoms with Gasteiger partial charge in [-0.3, -0.25) is 4.99 Å². The molecule has 0 spiro atoms. The highest BCUT2D eigenvalue weighted by molar-refractivity contribution is 7.89. The molecular formula is C21H27ClN4O2S. The van der Waals surface area contributed by atoms with Crippen LogP contribution in [0.3, 0.4) is 0 Å². The van der Waals surface area contributed by atoms with Gasteiger partial charge in [-0.15, -0.1) is 0 Å². The number of nitrogens with one attached hydrogen (secondary N) is 2. The molecule has 0 radical (unpaired) electrons. The summed E-state index contributed by atoms with van der Waals surface area (Å²) in [5.74, 6) is 0.686. The summed E-state index contributed by atoms with van der Waals surface area (Å²) in [6.45, 7) is 2.48. The van der Waals surface area contributed by atoms with Crippen LogP contribution in [0, 0.1) is 0 Å². The molecule has 0 bridgehead atoms. The average molecular weight is 435 g/mol. The molecule has 1 fully saturated rings. The lowest BCUT2D eigenvalue weighted by Gasteiger charge is -2.16. The normalized spacial score (nSPS) is 15.4. The van der Waals surface area contributed by atoms with Crippen LogP contribution in [0.15, 0.2) is 58.4 Å². The summed E-state index contributed by atoms with van der Waals surface area (Å²) in [5.41, 5.74) is 2.08. The lowest BCUT2D eigenvalue weighted by atomic mass is 10.1. The third-order valence-corrected chi connectivity index (χ3v) is 7.24. The summed E-state index contributed by atoms with van der Waals surface area (Å²) in [7, 11) is -1.65. The Hall–Kier alpha value is -2.09. The van der Waals surface area contributed by atoms with Crippen LogP contribution in [0.2, 0.25) is 5.02 Å². The maximum absolute atomic E-state index is 12.6. The molecule has 2 aromatic carbocycles. The van der Waals surface area contributed by atoms with Gasteiger partial charge in [0.2, 0.25) is 10.0 Å². The number of sulfonamides is 1. The SMILES string of the molecule is CN=C(NCCc1ccccc1Cl)NCc1ccc(S(=O)(=O)N2CCCC2)cc1. The average Bonchev–Trinajstić information content (AvgIpc) is 3.28. The molecule has 1 saturated heterocycles. The van der Waals surface area contributed by atoms with Gasteiger partial charge in [-0.05, 0) is 48.6 Å². The Morgan fingerprint density at radius 3 is 2.41 bits per heavy atom. The fraction of sp³-hybridized carbons (Fsp3) is 0.381. The summed E-state index contributed by atoms with van der Waals surface area (Å²) in [6, 6.07) is 14.8. The molecule has 8 heteroatoms. The molecule has 0 aromatic heterocycles. The van der Waals surface area contributed by atoms with E-state index in [1.54, 1.807) is 23.5 Å². The van der Waals surface area contributed by atoms with E-state index >= 15 is 0 Å². The van der Waals surface area contributed by atoms with E-state index in [1.807, 2.05) is 36.4 Å². The van der Waals surface area contributed by atoms with Gasteiger partial charge in [-0.1, -0.05) is 41.9 Å². The van der Waals surface area contributed by atoms with Crippen molar-refractivity contribution in [2.45, 2.75) is 30.7 Å². The van der Waals surface area contributed by atoms with E-state index in [9.17, 15) is 8.42 Å². The smallest absolute Gasteiger partial charge is 0.243 e. The van der Waals surface area contributed by atoms with E-state index in [1.165, 1.54) is 0 Å². The van der Waals surface area contributed by atoms with E-state index in [4.69, 9.17) is 11.6 Å². The Labute approximate surface area is 178 Å². The molecule has 0 aliphatic carbocycles. The summed E-state index contributed by atoms with van der Waals surface area (Å²) in [5, 5.41) is 7.28. The highest BCUT2D eigenvalue weighted by Gasteiger charge is 2.26. The molecule has 3 rings (SSSR count). The Bertz CT molecular complexity index is 939. The summed E-state index contributed by atoms with van der Waals surface area (Å²) >= 11 is 6.18. The van der Waals surface area contributed by atoms with Gasteiger partial charge in [0.25, 0.3) is 0 Å². The number of benzene rings is 2. The summed E-state index contributed by atoms with van der Waals surface area (Å²) in [6.07, 6.45) is 2.66. The van der Waals surface area contributed by atoms with Crippen LogP contribution >= 0.6 is 11.6 Å². The molecule has 29 heavy (non-hydrogen) atoms. The van der Waals surface area contributed by atoms with Crippen molar-refractivity contribution in [3.05, 3.63) is 64.7 Å². The first-order chi connectivity index (χ1) is 14.0. The van der Waals surface area contributed by atoms with Gasteiger partial charge in [-0.25, -0.2) is 8.42 Å². The molecule has 0 atom stereocenters. The van der Waals surface area contributed by atoms with Gasteiger partial charge in [0.05, 0.1) is 4.90 Å². The fourth-order valence-electron chi connectivity index (χ4n) is 3.28. The lowest BCUT2D eigenvalue weighted by molar-refractivity contribution is 0.477. The van der Waals surface area contributed by atoms with E-state index < -0.39 is 10.0 Å². The standard InChI is InChI=1S/C21H27ClN4O2S/c1-23-21(24-13-12-18-6-2-3-7-20(18)22)25-16-17-8-10-19(11-9-17)29(27,28)26-14-4-5-15-26/h2-3,6-11H,4-5,12-16H2,1H3,(H2,23,24,25). The van der Waals surface area contributed by atoms with Gasteiger partial charge < -0.3 is 10.6 Å². The minimum atomic E-state index is -3.37. The molecule has 0 unspecified atom stereocenters. The zero-order valence-electron chi connectivity index (χ0n) is 16.6. The molecule has 156 valence electrons. The van der Waals surface area contributed by atoms with E-state index in [-0.39, 0.29) is 0 Å². The number of guanidine groups is 1. The Kier molecular flexibility index (Phi) is 7.52. The fourth-order valence-corrected chi connectivity index (χ4v) is 5.03.